The van der Waals surface area contributed by atoms with Crippen molar-refractivity contribution in [3.05, 3.63) is 52.8 Å². The van der Waals surface area contributed by atoms with Gasteiger partial charge < -0.3 is 15.4 Å². The number of fused-ring (bicyclic) bond motifs is 1. The summed E-state index contributed by atoms with van der Waals surface area (Å²) in [6.07, 6.45) is 3.90. The third kappa shape index (κ3) is 5.76. The number of benzene rings is 1. The van der Waals surface area contributed by atoms with Gasteiger partial charge in [0, 0.05) is 36.9 Å². The zero-order valence-electron chi connectivity index (χ0n) is 14.8. The number of aromatic nitrogens is 2. The third-order valence-corrected chi connectivity index (χ3v) is 4.45. The summed E-state index contributed by atoms with van der Waals surface area (Å²) in [4.78, 5) is 9.56. The molecule has 2 N–H and O–H groups in total. The van der Waals surface area contributed by atoms with Crippen LogP contribution >= 0.6 is 35.3 Å². The van der Waals surface area contributed by atoms with E-state index in [0.717, 1.165) is 16.2 Å². The molecule has 0 saturated heterocycles. The van der Waals surface area contributed by atoms with Crippen LogP contribution in [0.5, 0.6) is 5.75 Å². The Morgan fingerprint density at radius 2 is 2.11 bits per heavy atom. The van der Waals surface area contributed by atoms with Gasteiger partial charge in [0.05, 0.1) is 12.2 Å². The van der Waals surface area contributed by atoms with Crippen LogP contribution in [-0.2, 0) is 13.1 Å². The van der Waals surface area contributed by atoms with Gasteiger partial charge in [-0.2, -0.15) is 8.78 Å². The predicted molar refractivity (Wildman–Crippen MR) is 113 cm³/mol. The van der Waals surface area contributed by atoms with Crippen LogP contribution in [0.25, 0.3) is 4.96 Å². The lowest BCUT2D eigenvalue weighted by molar-refractivity contribution is -0.0504. The molecule has 0 aliphatic rings. The number of ether oxygens (including phenoxy) is 1. The number of nitrogens with one attached hydrogen (secondary N) is 2. The van der Waals surface area contributed by atoms with Crippen molar-refractivity contribution in [1.29, 1.82) is 0 Å². The van der Waals surface area contributed by atoms with Crippen LogP contribution in [0.4, 0.5) is 8.78 Å². The summed E-state index contributed by atoms with van der Waals surface area (Å²) < 4.78 is 31.6. The van der Waals surface area contributed by atoms with Crippen molar-refractivity contribution in [3.8, 4) is 5.75 Å². The summed E-state index contributed by atoms with van der Waals surface area (Å²) in [5.41, 5.74) is 2.48. The van der Waals surface area contributed by atoms with E-state index in [9.17, 15) is 8.78 Å². The highest BCUT2D eigenvalue weighted by Gasteiger charge is 2.11. The summed E-state index contributed by atoms with van der Waals surface area (Å²) in [6, 6.07) is 5.09. The molecule has 0 aliphatic carbocycles. The van der Waals surface area contributed by atoms with Crippen LogP contribution in [0.1, 0.15) is 16.8 Å². The van der Waals surface area contributed by atoms with Gasteiger partial charge in [-0.05, 0) is 13.0 Å². The van der Waals surface area contributed by atoms with Crippen molar-refractivity contribution < 1.29 is 13.5 Å². The van der Waals surface area contributed by atoms with Crippen molar-refractivity contribution in [1.82, 2.24) is 20.0 Å². The normalized spacial score (nSPS) is 11.5. The first-order valence-electron chi connectivity index (χ1n) is 7.95. The number of guanidine groups is 1. The summed E-state index contributed by atoms with van der Waals surface area (Å²) in [5.74, 6) is 0.703. The van der Waals surface area contributed by atoms with Gasteiger partial charge in [0.25, 0.3) is 0 Å². The van der Waals surface area contributed by atoms with Crippen LogP contribution in [0.15, 0.2) is 41.0 Å². The first kappa shape index (κ1) is 21.4. The van der Waals surface area contributed by atoms with E-state index in [-0.39, 0.29) is 29.7 Å². The predicted octanol–water partition coefficient (Wildman–Crippen LogP) is 3.79. The van der Waals surface area contributed by atoms with Gasteiger partial charge in [-0.1, -0.05) is 17.7 Å². The Balaban J connectivity index is 0.00000261. The molecule has 2 heterocycles. The summed E-state index contributed by atoms with van der Waals surface area (Å²) >= 11 is 1.57. The molecular weight excluding hydrogens is 487 g/mol. The molecule has 10 heteroatoms. The van der Waals surface area contributed by atoms with Crippen LogP contribution in [0.3, 0.4) is 0 Å². The minimum Gasteiger partial charge on any atom is -0.434 e. The Morgan fingerprint density at radius 1 is 1.33 bits per heavy atom. The fourth-order valence-corrected chi connectivity index (χ4v) is 3.21. The van der Waals surface area contributed by atoms with E-state index in [1.54, 1.807) is 30.5 Å². The fraction of sp³-hybridized carbons (Fsp3) is 0.294. The summed E-state index contributed by atoms with van der Waals surface area (Å²) in [5, 5.41) is 8.24. The molecule has 6 nitrogen and oxygen atoms in total. The lowest BCUT2D eigenvalue weighted by Crippen LogP contribution is -2.36. The molecule has 146 valence electrons. The SMILES string of the molecule is CN=C(NCc1cn2ccsc2n1)NCc1cc(C)ccc1OC(F)F.I. The van der Waals surface area contributed by atoms with Crippen LogP contribution < -0.4 is 15.4 Å². The molecule has 0 amide bonds. The van der Waals surface area contributed by atoms with Gasteiger partial charge in [-0.3, -0.25) is 9.39 Å². The largest absolute Gasteiger partial charge is 0.434 e. The number of hydrogen-bond donors (Lipinski definition) is 2. The molecule has 0 saturated carbocycles. The topological polar surface area (TPSA) is 63.0 Å². The number of aryl methyl sites for hydroxylation is 1. The number of halogens is 3. The quantitative estimate of drug-likeness (QED) is 0.303. The number of aliphatic imine (C=N–C) groups is 1. The van der Waals surface area contributed by atoms with Crippen LogP contribution in [-0.4, -0.2) is 29.0 Å². The molecule has 0 atom stereocenters. The van der Waals surface area contributed by atoms with E-state index >= 15 is 0 Å². The van der Waals surface area contributed by atoms with Gasteiger partial charge in [-0.25, -0.2) is 4.98 Å². The molecule has 27 heavy (non-hydrogen) atoms. The van der Waals surface area contributed by atoms with Crippen molar-refractivity contribution in [3.63, 3.8) is 0 Å². The third-order valence-electron chi connectivity index (χ3n) is 3.68. The number of imidazole rings is 1. The Bertz CT molecular complexity index is 883. The first-order chi connectivity index (χ1) is 12.5. The van der Waals surface area contributed by atoms with E-state index in [1.807, 2.05) is 35.2 Å². The van der Waals surface area contributed by atoms with E-state index in [0.29, 0.717) is 24.6 Å². The monoisotopic (exact) mass is 507 g/mol. The summed E-state index contributed by atoms with van der Waals surface area (Å²) in [6.45, 7) is -0.152. The lowest BCUT2D eigenvalue weighted by Gasteiger charge is -2.14. The van der Waals surface area contributed by atoms with E-state index in [4.69, 9.17) is 0 Å². The molecule has 3 rings (SSSR count). The average Bonchev–Trinajstić information content (AvgIpc) is 3.18. The Morgan fingerprint density at radius 3 is 2.81 bits per heavy atom. The molecule has 0 bridgehead atoms. The van der Waals surface area contributed by atoms with Gasteiger partial charge in [0.2, 0.25) is 0 Å². The van der Waals surface area contributed by atoms with Crippen molar-refractivity contribution in [2.45, 2.75) is 26.6 Å². The Labute approximate surface area is 176 Å². The second kappa shape index (κ2) is 9.83. The van der Waals surface area contributed by atoms with Crippen LogP contribution in [0, 0.1) is 6.92 Å². The Hall–Kier alpha value is -1.95. The molecule has 0 aliphatic heterocycles. The van der Waals surface area contributed by atoms with E-state index in [1.165, 1.54) is 0 Å². The highest BCUT2D eigenvalue weighted by molar-refractivity contribution is 14.0. The van der Waals surface area contributed by atoms with Crippen molar-refractivity contribution >= 4 is 46.2 Å². The molecule has 0 unspecified atom stereocenters. The second-order valence-corrected chi connectivity index (χ2v) is 6.47. The Kier molecular flexibility index (Phi) is 7.78. The van der Waals surface area contributed by atoms with Gasteiger partial charge in [0.15, 0.2) is 10.9 Å². The maximum absolute atomic E-state index is 12.5. The minimum atomic E-state index is -2.86. The first-order valence-corrected chi connectivity index (χ1v) is 8.83. The zero-order valence-corrected chi connectivity index (χ0v) is 17.9. The number of hydrogen-bond acceptors (Lipinski definition) is 4. The molecule has 1 aromatic carbocycles. The number of rotatable bonds is 6. The lowest BCUT2D eigenvalue weighted by atomic mass is 10.1. The molecule has 0 fully saturated rings. The van der Waals surface area contributed by atoms with E-state index < -0.39 is 6.61 Å². The van der Waals surface area contributed by atoms with E-state index in [2.05, 4.69) is 25.3 Å². The van der Waals surface area contributed by atoms with Gasteiger partial charge in [0.1, 0.15) is 5.75 Å². The average molecular weight is 507 g/mol. The number of thiazole rings is 1. The van der Waals surface area contributed by atoms with Gasteiger partial charge in [-0.15, -0.1) is 35.3 Å². The molecular formula is C17H20F2IN5OS. The highest BCUT2D eigenvalue weighted by atomic mass is 127. The van der Waals surface area contributed by atoms with Crippen molar-refractivity contribution in [2.24, 2.45) is 4.99 Å². The summed E-state index contributed by atoms with van der Waals surface area (Å²) in [7, 11) is 1.65. The smallest absolute Gasteiger partial charge is 0.387 e. The highest BCUT2D eigenvalue weighted by Crippen LogP contribution is 2.22. The molecule has 0 spiro atoms. The molecule has 3 aromatic rings. The standard InChI is InChI=1S/C17H19F2N5OS.HI/c1-11-3-4-14(25-15(18)19)12(7-11)8-21-16(20-2)22-9-13-10-24-5-6-26-17(24)23-13;/h3-7,10,15H,8-9H2,1-2H3,(H2,20,21,22);1H. The molecule has 2 aromatic heterocycles. The minimum absolute atomic E-state index is 0. The second-order valence-electron chi connectivity index (χ2n) is 5.59. The number of nitrogens with zero attached hydrogens (tertiary/aromatic N) is 3. The van der Waals surface area contributed by atoms with Gasteiger partial charge >= 0.3 is 6.61 Å². The van der Waals surface area contributed by atoms with Crippen LogP contribution in [0.2, 0.25) is 0 Å². The fourth-order valence-electron chi connectivity index (χ4n) is 2.49. The number of alkyl halides is 2. The zero-order chi connectivity index (χ0) is 18.5. The van der Waals surface area contributed by atoms with Crippen molar-refractivity contribution in [2.75, 3.05) is 7.05 Å². The maximum atomic E-state index is 12.5. The molecule has 0 radical (unpaired) electrons. The maximum Gasteiger partial charge on any atom is 0.387 e.